The van der Waals surface area contributed by atoms with Crippen molar-refractivity contribution in [3.63, 3.8) is 0 Å². The van der Waals surface area contributed by atoms with Gasteiger partial charge in [-0.3, -0.25) is 9.12 Å². The number of sulfonamides is 1. The van der Waals surface area contributed by atoms with Gasteiger partial charge in [0.25, 0.3) is 10.0 Å². The lowest BCUT2D eigenvalue weighted by molar-refractivity contribution is 0.413. The van der Waals surface area contributed by atoms with Crippen molar-refractivity contribution in [2.75, 3.05) is 11.8 Å². The van der Waals surface area contributed by atoms with E-state index in [1.807, 2.05) is 4.72 Å². The van der Waals surface area contributed by atoms with E-state index in [9.17, 15) is 17.2 Å². The maximum absolute atomic E-state index is 14.0. The number of benzene rings is 1. The highest BCUT2D eigenvalue weighted by Crippen LogP contribution is 2.27. The number of nitrogens with one attached hydrogen (secondary N) is 1. The Labute approximate surface area is 147 Å². The van der Waals surface area contributed by atoms with E-state index in [1.54, 1.807) is 13.0 Å². The number of pyridine rings is 1. The van der Waals surface area contributed by atoms with E-state index in [0.717, 1.165) is 11.8 Å². The van der Waals surface area contributed by atoms with Gasteiger partial charge in [-0.1, -0.05) is 0 Å². The fourth-order valence-corrected chi connectivity index (χ4v) is 3.60. The smallest absolute Gasteiger partial charge is 0.279 e. The predicted octanol–water partition coefficient (Wildman–Crippen LogP) is 2.60. The third kappa shape index (κ3) is 2.82. The molecule has 10 heteroatoms. The van der Waals surface area contributed by atoms with Crippen LogP contribution in [-0.2, 0) is 10.0 Å². The minimum atomic E-state index is -4.29. The summed E-state index contributed by atoms with van der Waals surface area (Å²) in [5.74, 6) is -1.72. The van der Waals surface area contributed by atoms with Crippen LogP contribution in [0.5, 0.6) is 5.75 Å². The average molecular weight is 378 g/mol. The van der Waals surface area contributed by atoms with Gasteiger partial charge in [-0.25, -0.2) is 13.8 Å². The van der Waals surface area contributed by atoms with E-state index in [2.05, 4.69) is 4.98 Å². The van der Waals surface area contributed by atoms with Gasteiger partial charge in [0.15, 0.2) is 16.4 Å². The first kappa shape index (κ1) is 17.6. The molecule has 0 aliphatic carbocycles. The number of aromatic nitrogens is 2. The molecule has 0 aliphatic heterocycles. The fraction of sp³-hybridized carbons (Fsp3) is 0.125. The molecule has 3 rings (SSSR count). The zero-order valence-corrected chi connectivity index (χ0v) is 14.4. The molecule has 1 aromatic carbocycles. The van der Waals surface area contributed by atoms with Crippen molar-refractivity contribution in [3.05, 3.63) is 53.4 Å². The molecule has 2 aromatic heterocycles. The topological polar surface area (TPSA) is 96.5 Å². The number of methoxy groups -OCH3 is 1. The number of anilines is 1. The minimum Gasteiger partial charge on any atom is -0.493 e. The van der Waals surface area contributed by atoms with Crippen LogP contribution < -0.4 is 9.46 Å². The SMILES string of the molecule is COc1c(C)ccn2c(S(=O)(=O)Nc3cc(F)c(C#N)cc3F)cnc12. The second kappa shape index (κ2) is 6.27. The molecule has 134 valence electrons. The standard InChI is InChI=1S/C16H12F2N4O3S/c1-9-3-4-22-14(8-20-16(22)15(9)25-2)26(23,24)21-13-6-11(17)10(7-19)5-12(13)18/h3-6,8,21H,1-2H3. The summed E-state index contributed by atoms with van der Waals surface area (Å²) in [7, 11) is -2.86. The lowest BCUT2D eigenvalue weighted by Gasteiger charge is -2.10. The van der Waals surface area contributed by atoms with Crippen molar-refractivity contribution in [2.24, 2.45) is 0 Å². The van der Waals surface area contributed by atoms with Gasteiger partial charge in [-0.2, -0.15) is 13.7 Å². The quantitative estimate of drug-likeness (QED) is 0.753. The summed E-state index contributed by atoms with van der Waals surface area (Å²) >= 11 is 0. The van der Waals surface area contributed by atoms with Crippen LogP contribution in [0.4, 0.5) is 14.5 Å². The summed E-state index contributed by atoms with van der Waals surface area (Å²) in [5, 5.41) is 8.41. The largest absolute Gasteiger partial charge is 0.493 e. The molecular weight excluding hydrogens is 366 g/mol. The molecular formula is C16H12F2N4O3S. The Bertz CT molecular complexity index is 1170. The maximum atomic E-state index is 14.0. The second-order valence-electron chi connectivity index (χ2n) is 5.35. The van der Waals surface area contributed by atoms with Crippen molar-refractivity contribution in [1.82, 2.24) is 9.38 Å². The summed E-state index contributed by atoms with van der Waals surface area (Å²) in [6.45, 7) is 1.77. The minimum absolute atomic E-state index is 0.263. The Morgan fingerprint density at radius 2 is 2.04 bits per heavy atom. The molecule has 0 radical (unpaired) electrons. The van der Waals surface area contributed by atoms with E-state index in [-0.39, 0.29) is 10.7 Å². The zero-order valence-electron chi connectivity index (χ0n) is 13.6. The van der Waals surface area contributed by atoms with Gasteiger partial charge in [0.1, 0.15) is 17.7 Å². The number of aryl methyl sites for hydroxylation is 1. The first-order valence-corrected chi connectivity index (χ1v) is 8.69. The van der Waals surface area contributed by atoms with Crippen molar-refractivity contribution >= 4 is 21.4 Å². The number of ether oxygens (including phenoxy) is 1. The van der Waals surface area contributed by atoms with Crippen molar-refractivity contribution in [1.29, 1.82) is 5.26 Å². The van der Waals surface area contributed by atoms with Gasteiger partial charge in [-0.15, -0.1) is 0 Å². The lowest BCUT2D eigenvalue weighted by Crippen LogP contribution is -2.16. The molecule has 3 aromatic rings. The molecule has 1 N–H and O–H groups in total. The van der Waals surface area contributed by atoms with Gasteiger partial charge in [0, 0.05) is 12.3 Å². The summed E-state index contributed by atoms with van der Waals surface area (Å²) < 4.78 is 61.3. The van der Waals surface area contributed by atoms with E-state index in [4.69, 9.17) is 10.00 Å². The molecule has 7 nitrogen and oxygen atoms in total. The van der Waals surface area contributed by atoms with Gasteiger partial charge in [-0.05, 0) is 24.6 Å². The van der Waals surface area contributed by atoms with Crippen LogP contribution in [0.1, 0.15) is 11.1 Å². The third-order valence-electron chi connectivity index (χ3n) is 3.70. The van der Waals surface area contributed by atoms with E-state index >= 15 is 0 Å². The maximum Gasteiger partial charge on any atom is 0.279 e. The molecule has 2 heterocycles. The van der Waals surface area contributed by atoms with Gasteiger partial charge < -0.3 is 4.74 Å². The molecule has 0 spiro atoms. The number of rotatable bonds is 4. The number of imidazole rings is 1. The van der Waals surface area contributed by atoms with Crippen LogP contribution in [0.3, 0.4) is 0 Å². The third-order valence-corrected chi connectivity index (χ3v) is 5.04. The number of hydrogen-bond acceptors (Lipinski definition) is 5. The molecule has 0 unspecified atom stereocenters. The van der Waals surface area contributed by atoms with Crippen LogP contribution in [0.2, 0.25) is 0 Å². The number of nitrogens with zero attached hydrogens (tertiary/aromatic N) is 3. The van der Waals surface area contributed by atoms with Crippen molar-refractivity contribution in [2.45, 2.75) is 11.9 Å². The highest BCUT2D eigenvalue weighted by molar-refractivity contribution is 7.92. The average Bonchev–Trinajstić information content (AvgIpc) is 3.02. The fourth-order valence-electron chi connectivity index (χ4n) is 2.45. The van der Waals surface area contributed by atoms with Crippen molar-refractivity contribution in [3.8, 4) is 11.8 Å². The number of halogens is 2. The molecule has 26 heavy (non-hydrogen) atoms. The Kier molecular flexibility index (Phi) is 4.25. The molecule has 0 atom stereocenters. The molecule has 0 saturated carbocycles. The first-order valence-electron chi connectivity index (χ1n) is 7.21. The predicted molar refractivity (Wildman–Crippen MR) is 88.4 cm³/mol. The number of nitriles is 1. The first-order chi connectivity index (χ1) is 12.3. The lowest BCUT2D eigenvalue weighted by atomic mass is 10.2. The highest BCUT2D eigenvalue weighted by atomic mass is 32.2. The summed E-state index contributed by atoms with van der Waals surface area (Å²) in [4.78, 5) is 4.03. The second-order valence-corrected chi connectivity index (χ2v) is 6.98. The van der Waals surface area contributed by atoms with Gasteiger partial charge in [0.2, 0.25) is 0 Å². The van der Waals surface area contributed by atoms with Crippen molar-refractivity contribution < 1.29 is 21.9 Å². The van der Waals surface area contributed by atoms with Crippen LogP contribution in [0.25, 0.3) is 5.65 Å². The molecule has 0 aliphatic rings. The molecule has 0 amide bonds. The Balaban J connectivity index is 2.09. The van der Waals surface area contributed by atoms with Crippen LogP contribution in [0.15, 0.2) is 35.6 Å². The molecule has 0 bridgehead atoms. The number of hydrogen-bond donors (Lipinski definition) is 1. The monoisotopic (exact) mass is 378 g/mol. The summed E-state index contributed by atoms with van der Waals surface area (Å²) in [6.07, 6.45) is 2.56. The van der Waals surface area contributed by atoms with Gasteiger partial charge >= 0.3 is 0 Å². The summed E-state index contributed by atoms with van der Waals surface area (Å²) in [6, 6.07) is 4.34. The van der Waals surface area contributed by atoms with E-state index in [1.165, 1.54) is 23.8 Å². The Morgan fingerprint density at radius 3 is 2.69 bits per heavy atom. The molecule has 0 fully saturated rings. The van der Waals surface area contributed by atoms with Gasteiger partial charge in [0.05, 0.1) is 24.6 Å². The van der Waals surface area contributed by atoms with Crippen LogP contribution in [-0.4, -0.2) is 24.9 Å². The Hall–Kier alpha value is -3.19. The van der Waals surface area contributed by atoms with E-state index < -0.39 is 32.9 Å². The zero-order chi connectivity index (χ0) is 19.1. The van der Waals surface area contributed by atoms with Crippen LogP contribution in [0, 0.1) is 29.9 Å². The van der Waals surface area contributed by atoms with Crippen LogP contribution >= 0.6 is 0 Å². The Morgan fingerprint density at radius 1 is 1.31 bits per heavy atom. The highest BCUT2D eigenvalue weighted by Gasteiger charge is 2.23. The normalized spacial score (nSPS) is 11.3. The summed E-state index contributed by atoms with van der Waals surface area (Å²) in [5.41, 5.74) is -0.127. The van der Waals surface area contributed by atoms with E-state index in [0.29, 0.717) is 17.9 Å². The number of fused-ring (bicyclic) bond motifs is 1. The molecule has 0 saturated heterocycles.